The van der Waals surface area contributed by atoms with E-state index in [9.17, 15) is 30.0 Å². The fourth-order valence-corrected chi connectivity index (χ4v) is 9.13. The second-order valence-electron chi connectivity index (χ2n) is 16.7. The molecule has 13 nitrogen and oxygen atoms in total. The van der Waals surface area contributed by atoms with Crippen LogP contribution in [0.4, 0.5) is 0 Å². The van der Waals surface area contributed by atoms with Crippen LogP contribution in [0.5, 0.6) is 0 Å². The molecule has 3 saturated heterocycles. The number of rotatable bonds is 7. The maximum Gasteiger partial charge on any atom is 0.309 e. The maximum atomic E-state index is 14.3. The van der Waals surface area contributed by atoms with Crippen LogP contribution < -0.4 is 0 Å². The van der Waals surface area contributed by atoms with E-state index < -0.39 is 101 Å². The van der Waals surface area contributed by atoms with Crippen molar-refractivity contribution in [3.63, 3.8) is 0 Å². The number of nitrogens with zero attached hydrogens (tertiary/aromatic N) is 1. The first-order valence-electron chi connectivity index (χ1n) is 18.7. The van der Waals surface area contributed by atoms with E-state index in [0.717, 1.165) is 0 Å². The molecule has 0 aromatic heterocycles. The number of likely N-dealkylation sites (N-methyl/N-ethyl adjacent to an activating group) is 1. The molecule has 0 amide bonds. The van der Waals surface area contributed by atoms with E-state index in [1.54, 1.807) is 34.6 Å². The Hall–Kier alpha value is -1.26. The summed E-state index contributed by atoms with van der Waals surface area (Å²) in [6, 6.07) is -0.265. The van der Waals surface area contributed by atoms with Gasteiger partial charge in [-0.05, 0) is 73.9 Å². The van der Waals surface area contributed by atoms with E-state index in [1.165, 1.54) is 21.1 Å². The van der Waals surface area contributed by atoms with Crippen LogP contribution in [-0.4, -0.2) is 143 Å². The van der Waals surface area contributed by atoms with Crippen LogP contribution in [0, 0.1) is 29.6 Å². The van der Waals surface area contributed by atoms with E-state index in [1.807, 2.05) is 46.7 Å². The van der Waals surface area contributed by atoms with Gasteiger partial charge in [-0.1, -0.05) is 34.6 Å². The Morgan fingerprint density at radius 3 is 1.98 bits per heavy atom. The molecule has 3 aliphatic rings. The van der Waals surface area contributed by atoms with E-state index >= 15 is 0 Å². The van der Waals surface area contributed by atoms with Crippen molar-refractivity contribution in [2.45, 2.75) is 173 Å². The zero-order chi connectivity index (χ0) is 39.0. The molecule has 3 heterocycles. The first-order chi connectivity index (χ1) is 23.5. The Labute approximate surface area is 305 Å². The minimum absolute atomic E-state index is 0.144. The number of aliphatic hydroxyl groups excluding tert-OH is 3. The summed E-state index contributed by atoms with van der Waals surface area (Å²) in [6.07, 6.45) is -7.05. The minimum atomic E-state index is -1.94. The Bertz CT molecular complexity index is 1170. The number of ketones is 1. The SMILES string of the molecule is CC[C@H]1OC(=O)[C@H](C)C([C@H]2C[C@@](C)(OC)[C@@H](O)[C@H](C)O2)[C@H](C)[C@@H](O[C@@H]2O[C@H](C)C[C@H](N(C)C)[C@H]2O)[C@](C)(OC)C[C@@H](C)C(=O)[C@H](C)[C@@H](O)[C@]1(C)O. The molecule has 4 N–H and O–H groups in total. The Morgan fingerprint density at radius 2 is 1.45 bits per heavy atom. The zero-order valence-corrected chi connectivity index (χ0v) is 33.5. The van der Waals surface area contributed by atoms with Crippen LogP contribution in [0.1, 0.15) is 94.9 Å². The summed E-state index contributed by atoms with van der Waals surface area (Å²) in [5.41, 5.74) is -4.16. The number of carbonyl (C=O) groups is 2. The largest absolute Gasteiger partial charge is 0.459 e. The molecule has 51 heavy (non-hydrogen) atoms. The molecular formula is C38H69NO12. The lowest BCUT2D eigenvalue weighted by Gasteiger charge is -2.52. The highest BCUT2D eigenvalue weighted by atomic mass is 16.7. The van der Waals surface area contributed by atoms with Crippen LogP contribution >= 0.6 is 0 Å². The van der Waals surface area contributed by atoms with Gasteiger partial charge in [-0.25, -0.2) is 0 Å². The third kappa shape index (κ3) is 9.01. The lowest BCUT2D eigenvalue weighted by molar-refractivity contribution is -0.304. The van der Waals surface area contributed by atoms with E-state index in [-0.39, 0.29) is 37.2 Å². The standard InChI is InChI=1S/C38H69NO12/c1-15-27-38(10,45)31(42)23(6)29(40)19(2)17-37(9,47-14)33(51-35-30(41)25(39(11)12)16-20(3)48-35)21(4)28(22(5)34(44)50-27)26-18-36(8,46-13)32(43)24(7)49-26/h19-28,30-33,35,41-43,45H,15-18H2,1-14H3/t19-,20-,21+,22-,23+,24+,25+,26-,27-,28?,30-,31-,32+,33-,35+,36-,37-,38-/m1/s1. The molecule has 3 aliphatic heterocycles. The van der Waals surface area contributed by atoms with Gasteiger partial charge < -0.3 is 53.7 Å². The van der Waals surface area contributed by atoms with Gasteiger partial charge in [-0.3, -0.25) is 9.59 Å². The van der Waals surface area contributed by atoms with Crippen LogP contribution in [0.25, 0.3) is 0 Å². The second-order valence-corrected chi connectivity index (χ2v) is 16.7. The van der Waals surface area contributed by atoms with E-state index in [4.69, 9.17) is 28.4 Å². The summed E-state index contributed by atoms with van der Waals surface area (Å²) >= 11 is 0. The van der Waals surface area contributed by atoms with Gasteiger partial charge in [0.25, 0.3) is 0 Å². The summed E-state index contributed by atoms with van der Waals surface area (Å²) < 4.78 is 37.9. The number of Topliss-reactive ketones (excluding diaryl/α,β-unsaturated/α-hetero) is 1. The topological polar surface area (TPSA) is 174 Å². The van der Waals surface area contributed by atoms with Gasteiger partial charge in [-0.2, -0.15) is 0 Å². The molecule has 0 saturated carbocycles. The summed E-state index contributed by atoms with van der Waals surface area (Å²) in [6.45, 7) is 17.5. The highest BCUT2D eigenvalue weighted by Gasteiger charge is 2.56. The summed E-state index contributed by atoms with van der Waals surface area (Å²) in [5.74, 6) is -4.72. The monoisotopic (exact) mass is 731 g/mol. The van der Waals surface area contributed by atoms with Gasteiger partial charge in [0.15, 0.2) is 6.29 Å². The summed E-state index contributed by atoms with van der Waals surface area (Å²) in [7, 11) is 6.85. The number of hydrogen-bond donors (Lipinski definition) is 4. The molecule has 3 fully saturated rings. The molecule has 3 rings (SSSR count). The molecule has 0 spiro atoms. The maximum absolute atomic E-state index is 14.3. The molecule has 0 bridgehead atoms. The molecule has 18 atom stereocenters. The molecule has 298 valence electrons. The lowest BCUT2D eigenvalue weighted by atomic mass is 9.67. The third-order valence-electron chi connectivity index (χ3n) is 12.6. The van der Waals surface area contributed by atoms with Crippen molar-refractivity contribution in [3.05, 3.63) is 0 Å². The smallest absolute Gasteiger partial charge is 0.309 e. The van der Waals surface area contributed by atoms with Gasteiger partial charge in [-0.15, -0.1) is 0 Å². The molecule has 1 unspecified atom stereocenters. The highest BCUT2D eigenvalue weighted by molar-refractivity contribution is 5.83. The predicted molar refractivity (Wildman–Crippen MR) is 190 cm³/mol. The van der Waals surface area contributed by atoms with Crippen LogP contribution in [0.2, 0.25) is 0 Å². The Balaban J connectivity index is 2.28. The fraction of sp³-hybridized carbons (Fsp3) is 0.947. The van der Waals surface area contributed by atoms with Crippen molar-refractivity contribution in [3.8, 4) is 0 Å². The molecule has 0 aromatic carbocycles. The zero-order valence-electron chi connectivity index (χ0n) is 33.5. The van der Waals surface area contributed by atoms with Crippen molar-refractivity contribution >= 4 is 11.8 Å². The summed E-state index contributed by atoms with van der Waals surface area (Å²) in [4.78, 5) is 30.2. The second kappa shape index (κ2) is 17.0. The van der Waals surface area contributed by atoms with Gasteiger partial charge in [0.1, 0.15) is 29.7 Å². The minimum Gasteiger partial charge on any atom is -0.459 e. The molecule has 13 heteroatoms. The van der Waals surface area contributed by atoms with Crippen molar-refractivity contribution in [2.75, 3.05) is 28.3 Å². The Kier molecular flexibility index (Phi) is 14.7. The fourth-order valence-electron chi connectivity index (χ4n) is 9.13. The number of ether oxygens (including phenoxy) is 6. The van der Waals surface area contributed by atoms with Gasteiger partial charge >= 0.3 is 5.97 Å². The van der Waals surface area contributed by atoms with Crippen molar-refractivity contribution < 1.29 is 58.4 Å². The van der Waals surface area contributed by atoms with Crippen LogP contribution in [-0.2, 0) is 38.0 Å². The molecule has 0 aliphatic carbocycles. The van der Waals surface area contributed by atoms with Gasteiger partial charge in [0, 0.05) is 44.4 Å². The van der Waals surface area contributed by atoms with Crippen molar-refractivity contribution in [1.82, 2.24) is 4.90 Å². The van der Waals surface area contributed by atoms with Crippen molar-refractivity contribution in [1.29, 1.82) is 0 Å². The first kappa shape index (κ1) is 44.1. The molecule has 0 radical (unpaired) electrons. The molecular weight excluding hydrogens is 662 g/mol. The average Bonchev–Trinajstić information content (AvgIpc) is 3.07. The number of carbonyl (C=O) groups excluding carboxylic acids is 2. The normalized spacial score (nSPS) is 49.7. The Morgan fingerprint density at radius 1 is 0.863 bits per heavy atom. The number of methoxy groups -OCH3 is 2. The quantitative estimate of drug-likeness (QED) is 0.282. The molecule has 0 aromatic rings. The van der Waals surface area contributed by atoms with Crippen molar-refractivity contribution in [2.24, 2.45) is 29.6 Å². The van der Waals surface area contributed by atoms with E-state index in [2.05, 4.69) is 0 Å². The number of cyclic esters (lactones) is 1. The highest BCUT2D eigenvalue weighted by Crippen LogP contribution is 2.46. The average molecular weight is 732 g/mol. The number of aliphatic hydroxyl groups is 4. The van der Waals surface area contributed by atoms with E-state index in [0.29, 0.717) is 6.42 Å². The predicted octanol–water partition coefficient (Wildman–Crippen LogP) is 2.71. The number of hydrogen-bond acceptors (Lipinski definition) is 13. The van der Waals surface area contributed by atoms with Crippen LogP contribution in [0.15, 0.2) is 0 Å². The lowest BCUT2D eigenvalue weighted by Crippen LogP contribution is -2.62. The number of esters is 1. The van der Waals surface area contributed by atoms with Gasteiger partial charge in [0.2, 0.25) is 0 Å². The van der Waals surface area contributed by atoms with Gasteiger partial charge in [0.05, 0.1) is 47.6 Å². The summed E-state index contributed by atoms with van der Waals surface area (Å²) in [5, 5.41) is 45.9. The first-order valence-corrected chi connectivity index (χ1v) is 18.7. The van der Waals surface area contributed by atoms with Crippen LogP contribution in [0.3, 0.4) is 0 Å². The third-order valence-corrected chi connectivity index (χ3v) is 12.6.